The summed E-state index contributed by atoms with van der Waals surface area (Å²) in [4.78, 5) is 18.0. The zero-order chi connectivity index (χ0) is 11.5. The molecular formula is C8H10ClO4PS. The van der Waals surface area contributed by atoms with Gasteiger partial charge in [0, 0.05) is 22.9 Å². The first-order chi connectivity index (χ1) is 6.92. The van der Waals surface area contributed by atoms with Crippen molar-refractivity contribution in [1.29, 1.82) is 0 Å². The lowest BCUT2D eigenvalue weighted by atomic mass is 10.3. The highest BCUT2D eigenvalue weighted by Gasteiger charge is 2.14. The molecule has 4 nitrogen and oxygen atoms in total. The lowest BCUT2D eigenvalue weighted by Crippen LogP contribution is -1.96. The Morgan fingerprint density at radius 2 is 2.07 bits per heavy atom. The van der Waals surface area contributed by atoms with Gasteiger partial charge in [-0.3, -0.25) is 0 Å². The van der Waals surface area contributed by atoms with Crippen LogP contribution in [0.1, 0.15) is 6.92 Å². The quantitative estimate of drug-likeness (QED) is 0.821. The van der Waals surface area contributed by atoms with Crippen LogP contribution < -0.4 is 9.26 Å². The highest BCUT2D eigenvalue weighted by atomic mass is 35.5. The van der Waals surface area contributed by atoms with E-state index in [1.54, 1.807) is 13.0 Å². The molecule has 1 rings (SSSR count). The van der Waals surface area contributed by atoms with Gasteiger partial charge in [0.15, 0.2) is 11.5 Å². The number of hydrogen-bond acceptors (Lipinski definition) is 3. The summed E-state index contributed by atoms with van der Waals surface area (Å²) >= 11 is 10.1. The Morgan fingerprint density at radius 3 is 2.60 bits per heavy atom. The lowest BCUT2D eigenvalue weighted by molar-refractivity contribution is 0.315. The predicted octanol–water partition coefficient (Wildman–Crippen LogP) is 2.33. The molecule has 15 heavy (non-hydrogen) atoms. The number of halogens is 1. The van der Waals surface area contributed by atoms with E-state index in [0.29, 0.717) is 17.4 Å². The molecule has 0 unspecified atom stereocenters. The zero-order valence-electron chi connectivity index (χ0n) is 7.88. The van der Waals surface area contributed by atoms with Gasteiger partial charge in [-0.1, -0.05) is 11.6 Å². The average molecular weight is 269 g/mol. The molecule has 2 N–H and O–H groups in total. The summed E-state index contributed by atoms with van der Waals surface area (Å²) in [5.74, 6) is 0.511. The Kier molecular flexibility index (Phi) is 4.37. The van der Waals surface area contributed by atoms with Crippen LogP contribution in [-0.2, 0) is 11.8 Å². The van der Waals surface area contributed by atoms with Crippen molar-refractivity contribution in [2.45, 2.75) is 6.92 Å². The molecule has 1 aromatic rings. The Bertz CT molecular complexity index is 392. The van der Waals surface area contributed by atoms with E-state index in [2.05, 4.69) is 11.8 Å². The second-order valence-corrected chi connectivity index (χ2v) is 5.63. The fourth-order valence-corrected chi connectivity index (χ4v) is 1.76. The standard InChI is InChI=1S/C8H10ClO4PS/c1-2-12-8-5-6(9)3-4-7(8)13-14(10,11)15/h3-5H,2H2,1H3,(H2,10,11,15). The third kappa shape index (κ3) is 4.36. The Labute approximate surface area is 97.7 Å². The van der Waals surface area contributed by atoms with Crippen molar-refractivity contribution in [3.63, 3.8) is 0 Å². The van der Waals surface area contributed by atoms with Gasteiger partial charge in [-0.15, -0.1) is 0 Å². The smallest absolute Gasteiger partial charge is 0.375 e. The molecule has 0 fully saturated rings. The van der Waals surface area contributed by atoms with Gasteiger partial charge >= 0.3 is 6.72 Å². The van der Waals surface area contributed by atoms with E-state index >= 15 is 0 Å². The van der Waals surface area contributed by atoms with Crippen molar-refractivity contribution >= 4 is 30.1 Å². The fraction of sp³-hybridized carbons (Fsp3) is 0.250. The van der Waals surface area contributed by atoms with Crippen molar-refractivity contribution in [3.05, 3.63) is 23.2 Å². The zero-order valence-corrected chi connectivity index (χ0v) is 10.4. The van der Waals surface area contributed by atoms with Crippen LogP contribution >= 0.6 is 18.3 Å². The molecule has 0 spiro atoms. The molecule has 84 valence electrons. The van der Waals surface area contributed by atoms with E-state index in [1.807, 2.05) is 0 Å². The van der Waals surface area contributed by atoms with Crippen LogP contribution in [0, 0.1) is 0 Å². The van der Waals surface area contributed by atoms with E-state index < -0.39 is 6.72 Å². The van der Waals surface area contributed by atoms with Crippen LogP contribution in [0.25, 0.3) is 0 Å². The van der Waals surface area contributed by atoms with Gasteiger partial charge in [0.25, 0.3) is 0 Å². The maximum absolute atomic E-state index is 9.00. The van der Waals surface area contributed by atoms with Gasteiger partial charge < -0.3 is 19.0 Å². The van der Waals surface area contributed by atoms with Gasteiger partial charge in [-0.25, -0.2) is 0 Å². The molecule has 1 aromatic carbocycles. The third-order valence-electron chi connectivity index (χ3n) is 1.42. The van der Waals surface area contributed by atoms with Crippen LogP contribution in [-0.4, -0.2) is 16.4 Å². The van der Waals surface area contributed by atoms with Crippen LogP contribution in [0.15, 0.2) is 18.2 Å². The molecular weight excluding hydrogens is 259 g/mol. The van der Waals surface area contributed by atoms with Crippen molar-refractivity contribution < 1.29 is 19.0 Å². The molecule has 0 amide bonds. The molecule has 0 saturated heterocycles. The van der Waals surface area contributed by atoms with Crippen molar-refractivity contribution in [2.75, 3.05) is 6.61 Å². The molecule has 7 heteroatoms. The van der Waals surface area contributed by atoms with E-state index in [-0.39, 0.29) is 5.75 Å². The van der Waals surface area contributed by atoms with Crippen LogP contribution in [0.4, 0.5) is 0 Å². The summed E-state index contributed by atoms with van der Waals surface area (Å²) in [7, 11) is 0. The van der Waals surface area contributed by atoms with Crippen molar-refractivity contribution in [3.8, 4) is 11.5 Å². The minimum absolute atomic E-state index is 0.176. The minimum Gasteiger partial charge on any atom is -0.490 e. The molecule has 0 aromatic heterocycles. The van der Waals surface area contributed by atoms with Gasteiger partial charge in [0.2, 0.25) is 0 Å². The number of rotatable bonds is 4. The van der Waals surface area contributed by atoms with E-state index in [9.17, 15) is 0 Å². The fourth-order valence-electron chi connectivity index (χ4n) is 0.954. The van der Waals surface area contributed by atoms with Gasteiger partial charge in [-0.05, 0) is 19.1 Å². The topological polar surface area (TPSA) is 58.9 Å². The summed E-state index contributed by atoms with van der Waals surface area (Å²) in [5.41, 5.74) is 0. The maximum atomic E-state index is 9.00. The summed E-state index contributed by atoms with van der Waals surface area (Å²) in [6, 6.07) is 4.54. The average Bonchev–Trinajstić information content (AvgIpc) is 2.08. The first-order valence-corrected chi connectivity index (χ1v) is 7.10. The molecule has 0 aliphatic heterocycles. The summed E-state index contributed by atoms with van der Waals surface area (Å²) in [5, 5.41) is 0.468. The lowest BCUT2D eigenvalue weighted by Gasteiger charge is -2.14. The normalized spacial score (nSPS) is 11.2. The maximum Gasteiger partial charge on any atom is 0.375 e. The third-order valence-corrected chi connectivity index (χ3v) is 2.32. The predicted molar refractivity (Wildman–Crippen MR) is 62.0 cm³/mol. The largest absolute Gasteiger partial charge is 0.490 e. The van der Waals surface area contributed by atoms with Gasteiger partial charge in [-0.2, -0.15) is 0 Å². The molecule has 0 bridgehead atoms. The highest BCUT2D eigenvalue weighted by molar-refractivity contribution is 8.06. The first-order valence-electron chi connectivity index (χ1n) is 4.10. The number of ether oxygens (including phenoxy) is 1. The van der Waals surface area contributed by atoms with E-state index in [0.717, 1.165) is 0 Å². The molecule has 0 aliphatic rings. The molecule has 0 aliphatic carbocycles. The second-order valence-electron chi connectivity index (χ2n) is 2.61. The summed E-state index contributed by atoms with van der Waals surface area (Å²) in [6.45, 7) is -1.54. The van der Waals surface area contributed by atoms with Crippen molar-refractivity contribution in [1.82, 2.24) is 0 Å². The number of hydrogen-bond donors (Lipinski definition) is 2. The molecule has 0 heterocycles. The van der Waals surface area contributed by atoms with Crippen LogP contribution in [0.5, 0.6) is 11.5 Å². The SMILES string of the molecule is CCOc1cc(Cl)ccc1OP(O)(O)=S. The Hall–Kier alpha value is -0.320. The van der Waals surface area contributed by atoms with E-state index in [1.165, 1.54) is 12.1 Å². The Morgan fingerprint density at radius 1 is 1.40 bits per heavy atom. The van der Waals surface area contributed by atoms with Crippen LogP contribution in [0.2, 0.25) is 5.02 Å². The van der Waals surface area contributed by atoms with Gasteiger partial charge in [0.1, 0.15) is 0 Å². The highest BCUT2D eigenvalue weighted by Crippen LogP contribution is 2.42. The van der Waals surface area contributed by atoms with Crippen molar-refractivity contribution in [2.24, 2.45) is 0 Å². The minimum atomic E-state index is -3.74. The number of benzene rings is 1. The summed E-state index contributed by atoms with van der Waals surface area (Å²) < 4.78 is 10.00. The first kappa shape index (κ1) is 12.7. The van der Waals surface area contributed by atoms with Crippen LogP contribution in [0.3, 0.4) is 0 Å². The van der Waals surface area contributed by atoms with E-state index in [4.69, 9.17) is 30.6 Å². The van der Waals surface area contributed by atoms with Gasteiger partial charge in [0.05, 0.1) is 6.61 Å². The Balaban J connectivity index is 3.00. The summed E-state index contributed by atoms with van der Waals surface area (Å²) in [6.07, 6.45) is 0. The molecule has 0 atom stereocenters. The molecule has 0 radical (unpaired) electrons. The monoisotopic (exact) mass is 268 g/mol. The molecule has 0 saturated carbocycles. The second kappa shape index (κ2) is 5.14.